The number of ether oxygens (including phenoxy) is 1. The van der Waals surface area contributed by atoms with Gasteiger partial charge in [0.15, 0.2) is 0 Å². The van der Waals surface area contributed by atoms with Crippen molar-refractivity contribution in [2.45, 2.75) is 4.90 Å². The molecule has 0 saturated carbocycles. The van der Waals surface area contributed by atoms with Gasteiger partial charge in [-0.3, -0.25) is 4.79 Å². The Hall–Kier alpha value is -3.17. The number of amides is 1. The first-order chi connectivity index (χ1) is 14.4. The molecule has 0 heterocycles. The first-order valence-electron chi connectivity index (χ1n) is 8.65. The van der Waals surface area contributed by atoms with Gasteiger partial charge < -0.3 is 8.92 Å². The molecule has 154 valence electrons. The summed E-state index contributed by atoms with van der Waals surface area (Å²) in [7, 11) is -2.47. The highest BCUT2D eigenvalue weighted by atomic mass is 79.9. The third kappa shape index (κ3) is 5.46. The molecule has 0 bridgehead atoms. The van der Waals surface area contributed by atoms with Crippen molar-refractivity contribution >= 4 is 38.2 Å². The van der Waals surface area contributed by atoms with Gasteiger partial charge in [-0.15, -0.1) is 0 Å². The Morgan fingerprint density at radius 2 is 1.80 bits per heavy atom. The van der Waals surface area contributed by atoms with Crippen molar-refractivity contribution in [3.05, 3.63) is 88.4 Å². The van der Waals surface area contributed by atoms with Gasteiger partial charge in [-0.1, -0.05) is 46.3 Å². The molecule has 9 heteroatoms. The van der Waals surface area contributed by atoms with Crippen LogP contribution in [0, 0.1) is 0 Å². The van der Waals surface area contributed by atoms with Gasteiger partial charge in [-0.05, 0) is 48.0 Å². The molecule has 3 aromatic carbocycles. The molecule has 0 aliphatic heterocycles. The second kappa shape index (κ2) is 9.55. The van der Waals surface area contributed by atoms with E-state index in [1.165, 1.54) is 37.6 Å². The lowest BCUT2D eigenvalue weighted by Crippen LogP contribution is -2.18. The number of benzene rings is 3. The largest absolute Gasteiger partial charge is 0.496 e. The number of carbonyl (C=O) groups is 1. The van der Waals surface area contributed by atoms with E-state index in [4.69, 9.17) is 8.92 Å². The Kier molecular flexibility index (Phi) is 6.86. The quantitative estimate of drug-likeness (QED) is 0.308. The molecule has 0 atom stereocenters. The highest BCUT2D eigenvalue weighted by molar-refractivity contribution is 9.10. The van der Waals surface area contributed by atoms with E-state index in [9.17, 15) is 13.2 Å². The maximum atomic E-state index is 12.3. The molecule has 3 rings (SSSR count). The monoisotopic (exact) mass is 488 g/mol. The smallest absolute Gasteiger partial charge is 0.339 e. The van der Waals surface area contributed by atoms with Crippen LogP contribution in [0.4, 0.5) is 0 Å². The van der Waals surface area contributed by atoms with Crippen LogP contribution in [-0.4, -0.2) is 27.6 Å². The molecule has 1 N–H and O–H groups in total. The Morgan fingerprint density at radius 3 is 2.53 bits per heavy atom. The Bertz CT molecular complexity index is 1180. The third-order valence-corrected chi connectivity index (χ3v) is 5.64. The summed E-state index contributed by atoms with van der Waals surface area (Å²) < 4.78 is 35.7. The van der Waals surface area contributed by atoms with Crippen LogP contribution < -0.4 is 14.3 Å². The summed E-state index contributed by atoms with van der Waals surface area (Å²) >= 11 is 3.31. The number of hydrazone groups is 1. The van der Waals surface area contributed by atoms with Crippen LogP contribution in [0.5, 0.6) is 11.5 Å². The minimum absolute atomic E-state index is 0.0549. The summed E-state index contributed by atoms with van der Waals surface area (Å²) in [5.74, 6) is 0.0821. The van der Waals surface area contributed by atoms with Crippen LogP contribution in [0.3, 0.4) is 0 Å². The summed E-state index contributed by atoms with van der Waals surface area (Å²) in [6.45, 7) is 0. The second-order valence-electron chi connectivity index (χ2n) is 5.97. The fraction of sp³-hybridized carbons (Fsp3) is 0.0476. The lowest BCUT2D eigenvalue weighted by molar-refractivity contribution is 0.0952. The maximum absolute atomic E-state index is 12.3. The number of nitrogens with one attached hydrogen (secondary N) is 1. The van der Waals surface area contributed by atoms with Gasteiger partial charge in [-0.2, -0.15) is 13.5 Å². The van der Waals surface area contributed by atoms with Crippen molar-refractivity contribution < 1.29 is 22.1 Å². The van der Waals surface area contributed by atoms with E-state index in [0.29, 0.717) is 16.9 Å². The van der Waals surface area contributed by atoms with E-state index >= 15 is 0 Å². The fourth-order valence-corrected chi connectivity index (χ4v) is 3.80. The number of methoxy groups -OCH3 is 1. The van der Waals surface area contributed by atoms with Crippen LogP contribution in [0.25, 0.3) is 0 Å². The maximum Gasteiger partial charge on any atom is 0.339 e. The minimum Gasteiger partial charge on any atom is -0.496 e. The Labute approximate surface area is 182 Å². The predicted octanol–water partition coefficient (Wildman–Crippen LogP) is 3.99. The molecule has 0 aliphatic rings. The average Bonchev–Trinajstić information content (AvgIpc) is 2.74. The highest BCUT2D eigenvalue weighted by Crippen LogP contribution is 2.23. The Balaban J connectivity index is 1.70. The molecule has 0 unspecified atom stereocenters. The molecule has 0 fully saturated rings. The number of rotatable bonds is 7. The van der Waals surface area contributed by atoms with Crippen molar-refractivity contribution in [3.8, 4) is 11.5 Å². The van der Waals surface area contributed by atoms with Crippen molar-refractivity contribution in [1.29, 1.82) is 0 Å². The molecule has 0 aromatic heterocycles. The second-order valence-corrected chi connectivity index (χ2v) is 8.43. The summed E-state index contributed by atoms with van der Waals surface area (Å²) in [5.41, 5.74) is 3.27. The summed E-state index contributed by atoms with van der Waals surface area (Å²) in [6.07, 6.45) is 1.38. The zero-order valence-corrected chi connectivity index (χ0v) is 18.2. The normalized spacial score (nSPS) is 11.3. The van der Waals surface area contributed by atoms with Crippen LogP contribution in [0.1, 0.15) is 15.9 Å². The summed E-state index contributed by atoms with van der Waals surface area (Å²) in [6, 6.07) is 19.2. The number of carbonyl (C=O) groups excluding carboxylic acids is 1. The van der Waals surface area contributed by atoms with Crippen LogP contribution in [0.2, 0.25) is 0 Å². The van der Waals surface area contributed by atoms with Gasteiger partial charge in [0.05, 0.1) is 18.9 Å². The van der Waals surface area contributed by atoms with Crippen molar-refractivity contribution in [1.82, 2.24) is 5.43 Å². The topological polar surface area (TPSA) is 94.1 Å². The zero-order valence-electron chi connectivity index (χ0n) is 15.8. The molecule has 30 heavy (non-hydrogen) atoms. The minimum atomic E-state index is -3.94. The van der Waals surface area contributed by atoms with Gasteiger partial charge >= 0.3 is 10.1 Å². The van der Waals surface area contributed by atoms with E-state index < -0.39 is 16.0 Å². The van der Waals surface area contributed by atoms with Crippen LogP contribution in [0.15, 0.2) is 87.3 Å². The molecule has 3 aromatic rings. The lowest BCUT2D eigenvalue weighted by Gasteiger charge is -2.08. The molecule has 0 saturated heterocycles. The molecular weight excluding hydrogens is 472 g/mol. The number of halogens is 1. The van der Waals surface area contributed by atoms with Gasteiger partial charge in [0, 0.05) is 4.47 Å². The summed E-state index contributed by atoms with van der Waals surface area (Å²) in [4.78, 5) is 12.4. The van der Waals surface area contributed by atoms with Crippen molar-refractivity contribution in [2.75, 3.05) is 7.11 Å². The fourth-order valence-electron chi connectivity index (χ4n) is 2.49. The lowest BCUT2D eigenvalue weighted by atomic mass is 10.2. The molecule has 0 aliphatic carbocycles. The van der Waals surface area contributed by atoms with Crippen molar-refractivity contribution in [3.63, 3.8) is 0 Å². The van der Waals surface area contributed by atoms with Gasteiger partial charge in [0.1, 0.15) is 16.4 Å². The number of hydrogen-bond acceptors (Lipinski definition) is 6. The number of hydrogen-bond donors (Lipinski definition) is 1. The first-order valence-corrected chi connectivity index (χ1v) is 10.9. The molecule has 7 nitrogen and oxygen atoms in total. The van der Waals surface area contributed by atoms with E-state index in [2.05, 4.69) is 26.5 Å². The van der Waals surface area contributed by atoms with E-state index in [-0.39, 0.29) is 10.6 Å². The summed E-state index contributed by atoms with van der Waals surface area (Å²) in [5, 5.41) is 3.92. The highest BCUT2D eigenvalue weighted by Gasteiger charge is 2.16. The van der Waals surface area contributed by atoms with Crippen molar-refractivity contribution in [2.24, 2.45) is 5.10 Å². The Morgan fingerprint density at radius 1 is 1.03 bits per heavy atom. The van der Waals surface area contributed by atoms with Crippen LogP contribution in [-0.2, 0) is 10.1 Å². The third-order valence-electron chi connectivity index (χ3n) is 3.88. The standard InChI is InChI=1S/C21H17BrN2O5S/c1-28-20-11-10-16(22)13-19(20)21(25)24-23-14-15-6-5-7-17(12-15)29-30(26,27)18-8-3-2-4-9-18/h2-14H,1H3,(H,24,25)/b23-14-. The zero-order chi connectivity index (χ0) is 21.6. The van der Waals surface area contributed by atoms with Gasteiger partial charge in [-0.25, -0.2) is 5.43 Å². The van der Waals surface area contributed by atoms with Gasteiger partial charge in [0.25, 0.3) is 5.91 Å². The van der Waals surface area contributed by atoms with E-state index in [1.54, 1.807) is 48.5 Å². The molecular formula is C21H17BrN2O5S. The van der Waals surface area contributed by atoms with E-state index in [0.717, 1.165) is 4.47 Å². The van der Waals surface area contributed by atoms with E-state index in [1.807, 2.05) is 0 Å². The molecule has 0 radical (unpaired) electrons. The average molecular weight is 489 g/mol. The van der Waals surface area contributed by atoms with Gasteiger partial charge in [0.2, 0.25) is 0 Å². The molecule has 0 spiro atoms. The SMILES string of the molecule is COc1ccc(Br)cc1C(=O)N/N=C\c1cccc(OS(=O)(=O)c2ccccc2)c1. The van der Waals surface area contributed by atoms with Crippen LogP contribution >= 0.6 is 15.9 Å². The predicted molar refractivity (Wildman–Crippen MR) is 116 cm³/mol. The molecule has 1 amide bonds. The first kappa shape index (κ1) is 21.5. The number of nitrogens with zero attached hydrogens (tertiary/aromatic N) is 1.